The predicted octanol–water partition coefficient (Wildman–Crippen LogP) is 5.04. The number of rotatable bonds is 19. The first-order valence-electron chi connectivity index (χ1n) is 14.7. The maximum atomic E-state index is 13.4. The van der Waals surface area contributed by atoms with Crippen LogP contribution < -0.4 is 0 Å². The summed E-state index contributed by atoms with van der Waals surface area (Å²) in [5.41, 5.74) is -5.59. The van der Waals surface area contributed by atoms with Crippen molar-refractivity contribution in [3.8, 4) is 0 Å². The molecule has 0 heterocycles. The zero-order valence-electron chi connectivity index (χ0n) is 29.5. The van der Waals surface area contributed by atoms with Gasteiger partial charge in [-0.15, -0.1) is 0 Å². The minimum absolute atomic E-state index is 0.597. The van der Waals surface area contributed by atoms with Crippen LogP contribution in [-0.4, -0.2) is 104 Å². The summed E-state index contributed by atoms with van der Waals surface area (Å²) in [6.45, 7) is 11.8. The molecule has 0 aliphatic carbocycles. The number of carboxylic acids is 1. The van der Waals surface area contributed by atoms with Crippen molar-refractivity contribution in [3.63, 3.8) is 0 Å². The van der Waals surface area contributed by atoms with Crippen LogP contribution in [0.1, 0.15) is 76.2 Å². The summed E-state index contributed by atoms with van der Waals surface area (Å²) in [6, 6.07) is 0. The van der Waals surface area contributed by atoms with E-state index in [1.165, 1.54) is 69.2 Å². The lowest BCUT2D eigenvalue weighted by atomic mass is 9.90. The molecule has 0 saturated carbocycles. The maximum absolute atomic E-state index is 13.4. The molecule has 0 unspecified atom stereocenters. The Morgan fingerprint density at radius 3 is 0.694 bits per heavy atom. The molecule has 18 heteroatoms. The number of carbonyl (C=O) groups is 7. The van der Waals surface area contributed by atoms with Crippen molar-refractivity contribution in [2.45, 2.75) is 93.5 Å². The molecule has 0 aromatic rings. The van der Waals surface area contributed by atoms with Crippen molar-refractivity contribution < 1.29 is 67.1 Å². The Bertz CT molecular complexity index is 1110. The van der Waals surface area contributed by atoms with Gasteiger partial charge in [-0.2, -0.15) is 0 Å². The second-order valence-corrected chi connectivity index (χ2v) is 22.3. The number of carboxylic acid groups (broad SMARTS) is 1. The summed E-state index contributed by atoms with van der Waals surface area (Å²) in [4.78, 5) is 88.8. The fourth-order valence-electron chi connectivity index (χ4n) is 2.87. The van der Waals surface area contributed by atoms with Crippen LogP contribution >= 0.6 is 63.7 Å². The van der Waals surface area contributed by atoms with E-state index in [-0.39, 0.29) is 0 Å². The molecule has 0 radical (unpaired) electrons. The van der Waals surface area contributed by atoms with Crippen molar-refractivity contribution in [2.75, 3.05) is 39.6 Å². The van der Waals surface area contributed by atoms with Gasteiger partial charge in [0.1, 0.15) is 73.2 Å². The number of hydrogen-bond donors (Lipinski definition) is 1. The third-order valence-electron chi connectivity index (χ3n) is 6.57. The first-order valence-corrected chi connectivity index (χ1v) is 17.9. The number of esters is 6. The van der Waals surface area contributed by atoms with E-state index in [1.807, 2.05) is 0 Å². The summed E-state index contributed by atoms with van der Waals surface area (Å²) >= 11 is 12.6. The first kappa shape index (κ1) is 47.2. The molecular formula is C31H46Br4O14. The van der Waals surface area contributed by atoms with Crippen LogP contribution in [0.5, 0.6) is 0 Å². The van der Waals surface area contributed by atoms with Crippen molar-refractivity contribution >= 4 is 106 Å². The average Bonchev–Trinajstić information content (AvgIpc) is 2.95. The number of aliphatic carboxylic acids is 1. The zero-order chi connectivity index (χ0) is 39.0. The van der Waals surface area contributed by atoms with Crippen LogP contribution in [0, 0.1) is 16.2 Å². The highest BCUT2D eigenvalue weighted by atomic mass is 79.9. The normalized spacial score (nSPS) is 13.1. The van der Waals surface area contributed by atoms with Gasteiger partial charge in [0.2, 0.25) is 0 Å². The lowest BCUT2D eigenvalue weighted by Gasteiger charge is -2.32. The van der Waals surface area contributed by atoms with E-state index in [4.69, 9.17) is 28.4 Å². The molecule has 0 atom stereocenters. The zero-order valence-corrected chi connectivity index (χ0v) is 35.9. The molecule has 0 saturated heterocycles. The Hall–Kier alpha value is -1.79. The fraction of sp³-hybridized carbons (Fsp3) is 0.774. The van der Waals surface area contributed by atoms with E-state index in [2.05, 4.69) is 63.7 Å². The molecule has 0 aromatic carbocycles. The van der Waals surface area contributed by atoms with Gasteiger partial charge in [-0.25, -0.2) is 0 Å². The smallest absolute Gasteiger partial charge is 0.322 e. The minimum Gasteiger partial charge on any atom is -0.481 e. The van der Waals surface area contributed by atoms with Crippen LogP contribution in [-0.2, 0) is 62.0 Å². The topological polar surface area (TPSA) is 195 Å². The van der Waals surface area contributed by atoms with Crippen LogP contribution in [0.2, 0.25) is 0 Å². The van der Waals surface area contributed by atoms with Crippen molar-refractivity contribution in [3.05, 3.63) is 0 Å². The predicted molar refractivity (Wildman–Crippen MR) is 190 cm³/mol. The number of hydrogen-bond acceptors (Lipinski definition) is 13. The Kier molecular flexibility index (Phi) is 17.0. The van der Waals surface area contributed by atoms with Crippen LogP contribution in [0.4, 0.5) is 0 Å². The van der Waals surface area contributed by atoms with Gasteiger partial charge in [0.25, 0.3) is 0 Å². The van der Waals surface area contributed by atoms with Gasteiger partial charge in [0.05, 0.1) is 0 Å². The Balaban J connectivity index is 6.09. The highest BCUT2D eigenvalue weighted by Crippen LogP contribution is 2.30. The van der Waals surface area contributed by atoms with E-state index >= 15 is 0 Å². The van der Waals surface area contributed by atoms with Crippen molar-refractivity contribution in [1.82, 2.24) is 0 Å². The fourth-order valence-corrected chi connectivity index (χ4v) is 3.33. The highest BCUT2D eigenvalue weighted by Gasteiger charge is 2.46. The molecule has 282 valence electrons. The van der Waals surface area contributed by atoms with E-state index in [1.54, 1.807) is 0 Å². The molecule has 0 amide bonds. The van der Waals surface area contributed by atoms with Gasteiger partial charge in [0.15, 0.2) is 0 Å². The number of halogens is 4. The average molecular weight is 962 g/mol. The molecule has 0 aliphatic rings. The van der Waals surface area contributed by atoms with Crippen LogP contribution in [0.3, 0.4) is 0 Å². The molecule has 1 N–H and O–H groups in total. The molecule has 0 rings (SSSR count). The van der Waals surface area contributed by atoms with Crippen molar-refractivity contribution in [2.24, 2.45) is 16.2 Å². The van der Waals surface area contributed by atoms with E-state index in [0.29, 0.717) is 0 Å². The first-order chi connectivity index (χ1) is 21.7. The van der Waals surface area contributed by atoms with Gasteiger partial charge < -0.3 is 33.5 Å². The standard InChI is InChI=1S/C31H46Br4O14/c1-25(2,32)19(38)44-14-30(10,15-45-20(39)26(3,4)33)23(42)48-12-29(9,18(36)37)13-49-24(43)31(11,16-46-21(40)27(5,6)34)17-47-22(41)28(7,8)35/h12-17H2,1-11H3,(H,36,37). The summed E-state index contributed by atoms with van der Waals surface area (Å²) in [6.07, 6.45) is 0. The molecule has 0 spiro atoms. The molecule has 0 aliphatic heterocycles. The lowest BCUT2D eigenvalue weighted by Crippen LogP contribution is -2.47. The van der Waals surface area contributed by atoms with Crippen LogP contribution in [0.15, 0.2) is 0 Å². The van der Waals surface area contributed by atoms with Gasteiger partial charge in [-0.3, -0.25) is 33.6 Å². The quantitative estimate of drug-likeness (QED) is 0.103. The number of ether oxygens (including phenoxy) is 6. The van der Waals surface area contributed by atoms with Crippen molar-refractivity contribution in [1.29, 1.82) is 0 Å². The number of carbonyl (C=O) groups excluding carboxylic acids is 6. The summed E-state index contributed by atoms with van der Waals surface area (Å²) in [5.74, 6) is -6.62. The molecule has 0 aromatic heterocycles. The monoisotopic (exact) mass is 958 g/mol. The third-order valence-corrected chi connectivity index (χ3v) is 7.87. The lowest BCUT2D eigenvalue weighted by molar-refractivity contribution is -0.180. The highest BCUT2D eigenvalue weighted by molar-refractivity contribution is 9.10. The van der Waals surface area contributed by atoms with Gasteiger partial charge >= 0.3 is 41.8 Å². The van der Waals surface area contributed by atoms with E-state index in [9.17, 15) is 38.7 Å². The Morgan fingerprint density at radius 1 is 0.367 bits per heavy atom. The summed E-state index contributed by atoms with van der Waals surface area (Å²) in [7, 11) is 0. The van der Waals surface area contributed by atoms with E-state index in [0.717, 1.165) is 6.92 Å². The van der Waals surface area contributed by atoms with Gasteiger partial charge in [0, 0.05) is 0 Å². The molecular weight excluding hydrogens is 916 g/mol. The largest absolute Gasteiger partial charge is 0.481 e. The minimum atomic E-state index is -2.03. The molecule has 0 bridgehead atoms. The second kappa shape index (κ2) is 17.6. The van der Waals surface area contributed by atoms with Gasteiger partial charge in [-0.05, 0) is 76.2 Å². The SMILES string of the molecule is CC(C)(Br)C(=O)OCC(C)(COC(=O)C(C)(C)Br)C(=O)OCC(C)(COC(=O)C(C)(COC(=O)C(C)(C)Br)COC(=O)C(C)(C)Br)C(=O)O. The molecule has 49 heavy (non-hydrogen) atoms. The van der Waals surface area contributed by atoms with Gasteiger partial charge in [-0.1, -0.05) is 63.7 Å². The molecule has 14 nitrogen and oxygen atoms in total. The maximum Gasteiger partial charge on any atom is 0.322 e. The van der Waals surface area contributed by atoms with E-state index < -0.39 is 115 Å². The summed E-state index contributed by atoms with van der Waals surface area (Å²) in [5, 5.41) is 10.0. The third kappa shape index (κ3) is 15.6. The summed E-state index contributed by atoms with van der Waals surface area (Å²) < 4.78 is 27.4. The molecule has 0 fully saturated rings. The Labute approximate surface area is 320 Å². The number of alkyl halides is 4. The van der Waals surface area contributed by atoms with Crippen LogP contribution in [0.25, 0.3) is 0 Å². The second-order valence-electron chi connectivity index (χ2n) is 14.3. The Morgan fingerprint density at radius 2 is 0.531 bits per heavy atom.